The summed E-state index contributed by atoms with van der Waals surface area (Å²) in [5.41, 5.74) is 0. The van der Waals surface area contributed by atoms with Gasteiger partial charge in [0.25, 0.3) is 0 Å². The van der Waals surface area contributed by atoms with Crippen LogP contribution in [0.1, 0.15) is 33.1 Å². The topological polar surface area (TPSA) is 49.4 Å². The van der Waals surface area contributed by atoms with Crippen molar-refractivity contribution in [1.29, 1.82) is 0 Å². The summed E-state index contributed by atoms with van der Waals surface area (Å²) in [7, 11) is -1.06. The molecule has 17 heavy (non-hydrogen) atoms. The molecular weight excluding hydrogens is 260 g/mol. The van der Waals surface area contributed by atoms with Gasteiger partial charge in [-0.3, -0.25) is 0 Å². The number of unbranched alkanes of at least 4 members (excludes halogenated alkanes) is 1. The standard InChI is InChI=1S/C11H25ClN2O2S/c1-11(2)14(3)9-6-8-13-17(15,16)10-5-4-7-12/h11,13H,4-10H2,1-3H3. The SMILES string of the molecule is CC(C)N(C)CCCNS(=O)(=O)CCCCCl. The van der Waals surface area contributed by atoms with Crippen LogP contribution in [-0.4, -0.2) is 51.1 Å². The monoisotopic (exact) mass is 284 g/mol. The molecule has 0 aliphatic carbocycles. The van der Waals surface area contributed by atoms with E-state index in [1.165, 1.54) is 0 Å². The Morgan fingerprint density at radius 2 is 1.88 bits per heavy atom. The smallest absolute Gasteiger partial charge is 0.211 e. The molecule has 0 radical (unpaired) electrons. The molecule has 0 aromatic rings. The quantitative estimate of drug-likeness (QED) is 0.490. The minimum absolute atomic E-state index is 0.180. The summed E-state index contributed by atoms with van der Waals surface area (Å²) in [6.45, 7) is 5.66. The van der Waals surface area contributed by atoms with Gasteiger partial charge in [-0.1, -0.05) is 0 Å². The first-order chi connectivity index (χ1) is 7.89. The number of alkyl halides is 1. The van der Waals surface area contributed by atoms with Crippen LogP contribution >= 0.6 is 11.6 Å². The van der Waals surface area contributed by atoms with E-state index < -0.39 is 10.0 Å². The minimum Gasteiger partial charge on any atom is -0.304 e. The summed E-state index contributed by atoms with van der Waals surface area (Å²) in [6, 6.07) is 0.496. The zero-order valence-electron chi connectivity index (χ0n) is 11.1. The first-order valence-corrected chi connectivity index (χ1v) is 8.31. The summed E-state index contributed by atoms with van der Waals surface area (Å²) >= 11 is 5.50. The predicted molar refractivity (Wildman–Crippen MR) is 74.1 cm³/mol. The van der Waals surface area contributed by atoms with Gasteiger partial charge in [-0.15, -0.1) is 11.6 Å². The Kier molecular flexibility index (Phi) is 9.22. The lowest BCUT2D eigenvalue weighted by Crippen LogP contribution is -2.32. The number of halogens is 1. The zero-order chi connectivity index (χ0) is 13.3. The maximum atomic E-state index is 11.5. The van der Waals surface area contributed by atoms with Gasteiger partial charge in [-0.25, -0.2) is 13.1 Å². The molecule has 0 atom stereocenters. The second-order valence-corrected chi connectivity index (χ2v) is 6.84. The van der Waals surface area contributed by atoms with Gasteiger partial charge >= 0.3 is 0 Å². The number of hydrogen-bond acceptors (Lipinski definition) is 3. The maximum absolute atomic E-state index is 11.5. The van der Waals surface area contributed by atoms with E-state index in [-0.39, 0.29) is 5.75 Å². The summed E-state index contributed by atoms with van der Waals surface area (Å²) in [5, 5.41) is 0. The Labute approximate surface area is 111 Å². The molecule has 4 nitrogen and oxygen atoms in total. The highest BCUT2D eigenvalue weighted by Gasteiger charge is 2.09. The fraction of sp³-hybridized carbons (Fsp3) is 1.00. The van der Waals surface area contributed by atoms with Crippen molar-refractivity contribution in [2.75, 3.05) is 31.8 Å². The molecule has 0 aromatic heterocycles. The summed E-state index contributed by atoms with van der Waals surface area (Å²) in [4.78, 5) is 2.20. The molecule has 0 rings (SSSR count). The van der Waals surface area contributed by atoms with E-state index in [9.17, 15) is 8.42 Å². The maximum Gasteiger partial charge on any atom is 0.211 e. The predicted octanol–water partition coefficient (Wildman–Crippen LogP) is 1.66. The molecule has 0 aromatic carbocycles. The van der Waals surface area contributed by atoms with Gasteiger partial charge in [0.1, 0.15) is 0 Å². The van der Waals surface area contributed by atoms with Crippen molar-refractivity contribution in [2.45, 2.75) is 39.2 Å². The average molecular weight is 285 g/mol. The Balaban J connectivity index is 3.66. The van der Waals surface area contributed by atoms with Crippen molar-refractivity contribution in [3.63, 3.8) is 0 Å². The minimum atomic E-state index is -3.10. The lowest BCUT2D eigenvalue weighted by molar-refractivity contribution is 0.271. The Bertz CT molecular complexity index is 281. The number of nitrogens with zero attached hydrogens (tertiary/aromatic N) is 1. The molecule has 6 heteroatoms. The van der Waals surface area contributed by atoms with Gasteiger partial charge in [0, 0.05) is 18.5 Å². The second-order valence-electron chi connectivity index (χ2n) is 4.54. The number of rotatable bonds is 10. The molecule has 104 valence electrons. The van der Waals surface area contributed by atoms with Crippen LogP contribution in [0.5, 0.6) is 0 Å². The number of hydrogen-bond donors (Lipinski definition) is 1. The Morgan fingerprint density at radius 3 is 2.41 bits per heavy atom. The third-order valence-electron chi connectivity index (χ3n) is 2.69. The first-order valence-electron chi connectivity index (χ1n) is 6.12. The van der Waals surface area contributed by atoms with E-state index in [4.69, 9.17) is 11.6 Å². The third-order valence-corrected chi connectivity index (χ3v) is 4.43. The highest BCUT2D eigenvalue weighted by Crippen LogP contribution is 1.98. The van der Waals surface area contributed by atoms with Gasteiger partial charge in [0.2, 0.25) is 10.0 Å². The molecule has 0 heterocycles. The van der Waals surface area contributed by atoms with Crippen LogP contribution in [0, 0.1) is 0 Å². The van der Waals surface area contributed by atoms with Crippen LogP contribution in [0.3, 0.4) is 0 Å². The molecule has 0 saturated heterocycles. The normalized spacial score (nSPS) is 12.6. The van der Waals surface area contributed by atoms with Gasteiger partial charge in [0.05, 0.1) is 5.75 Å². The summed E-state index contributed by atoms with van der Waals surface area (Å²) in [6.07, 6.45) is 2.21. The lowest BCUT2D eigenvalue weighted by Gasteiger charge is -2.20. The molecule has 0 aliphatic heterocycles. The molecular formula is C11H25ClN2O2S. The van der Waals surface area contributed by atoms with Crippen molar-refractivity contribution in [1.82, 2.24) is 9.62 Å². The fourth-order valence-electron chi connectivity index (χ4n) is 1.27. The van der Waals surface area contributed by atoms with Crippen LogP contribution in [-0.2, 0) is 10.0 Å². The molecule has 0 amide bonds. The van der Waals surface area contributed by atoms with E-state index in [1.54, 1.807) is 0 Å². The van der Waals surface area contributed by atoms with Crippen molar-refractivity contribution < 1.29 is 8.42 Å². The van der Waals surface area contributed by atoms with Crippen LogP contribution in [0.15, 0.2) is 0 Å². The Hall–Kier alpha value is 0.160. The molecule has 0 unspecified atom stereocenters. The lowest BCUT2D eigenvalue weighted by atomic mass is 10.3. The van der Waals surface area contributed by atoms with Crippen LogP contribution in [0.25, 0.3) is 0 Å². The number of nitrogens with one attached hydrogen (secondary N) is 1. The zero-order valence-corrected chi connectivity index (χ0v) is 12.6. The van der Waals surface area contributed by atoms with Gasteiger partial charge in [-0.2, -0.15) is 0 Å². The third kappa shape index (κ3) is 9.83. The summed E-state index contributed by atoms with van der Waals surface area (Å²) in [5.74, 6) is 0.703. The van der Waals surface area contributed by atoms with Crippen molar-refractivity contribution in [3.05, 3.63) is 0 Å². The van der Waals surface area contributed by atoms with Gasteiger partial charge < -0.3 is 4.90 Å². The van der Waals surface area contributed by atoms with E-state index in [1.807, 2.05) is 7.05 Å². The Morgan fingerprint density at radius 1 is 1.24 bits per heavy atom. The van der Waals surface area contributed by atoms with Gasteiger partial charge in [0.15, 0.2) is 0 Å². The highest BCUT2D eigenvalue weighted by molar-refractivity contribution is 7.89. The molecule has 0 bridgehead atoms. The number of sulfonamides is 1. The largest absolute Gasteiger partial charge is 0.304 e. The van der Waals surface area contributed by atoms with Gasteiger partial charge in [-0.05, 0) is 46.7 Å². The van der Waals surface area contributed by atoms with Crippen molar-refractivity contribution >= 4 is 21.6 Å². The molecule has 0 saturated carbocycles. The molecule has 0 aliphatic rings. The first kappa shape index (κ1) is 17.2. The molecule has 1 N–H and O–H groups in total. The van der Waals surface area contributed by atoms with Crippen molar-refractivity contribution in [2.24, 2.45) is 0 Å². The van der Waals surface area contributed by atoms with E-state index in [2.05, 4.69) is 23.5 Å². The van der Waals surface area contributed by atoms with Crippen LogP contribution in [0.2, 0.25) is 0 Å². The fourth-order valence-corrected chi connectivity index (χ4v) is 2.65. The molecule has 0 spiro atoms. The van der Waals surface area contributed by atoms with E-state index >= 15 is 0 Å². The highest BCUT2D eigenvalue weighted by atomic mass is 35.5. The average Bonchev–Trinajstić information content (AvgIpc) is 2.24. The second kappa shape index (κ2) is 9.14. The van der Waals surface area contributed by atoms with E-state index in [0.29, 0.717) is 24.9 Å². The molecule has 0 fully saturated rings. The van der Waals surface area contributed by atoms with Crippen LogP contribution in [0.4, 0.5) is 0 Å². The van der Waals surface area contributed by atoms with E-state index in [0.717, 1.165) is 19.4 Å². The summed E-state index contributed by atoms with van der Waals surface area (Å²) < 4.78 is 25.6. The van der Waals surface area contributed by atoms with Crippen LogP contribution < -0.4 is 4.72 Å². The van der Waals surface area contributed by atoms with Crippen molar-refractivity contribution in [3.8, 4) is 0 Å².